The van der Waals surface area contributed by atoms with E-state index in [1.807, 2.05) is 22.4 Å². The van der Waals surface area contributed by atoms with Gasteiger partial charge in [0.15, 0.2) is 0 Å². The third-order valence-electron chi connectivity index (χ3n) is 3.15. The van der Waals surface area contributed by atoms with Crippen LogP contribution in [0.15, 0.2) is 24.8 Å². The molecule has 1 atom stereocenters. The van der Waals surface area contributed by atoms with Crippen molar-refractivity contribution >= 4 is 0 Å². The third kappa shape index (κ3) is 2.79. The Bertz CT molecular complexity index is 489. The predicted molar refractivity (Wildman–Crippen MR) is 69.0 cm³/mol. The molecule has 5 heteroatoms. The van der Waals surface area contributed by atoms with Gasteiger partial charge in [-0.1, -0.05) is 6.92 Å². The summed E-state index contributed by atoms with van der Waals surface area (Å²) in [5.74, 6) is 0. The topological polar surface area (TPSA) is 55.9 Å². The SMILES string of the molecule is CCCn1cncc1C(O)CCc1ccnn1C. The Morgan fingerprint density at radius 2 is 2.28 bits per heavy atom. The first-order valence-electron chi connectivity index (χ1n) is 6.37. The average Bonchev–Trinajstić information content (AvgIpc) is 2.96. The number of aliphatic hydroxyl groups is 1. The zero-order valence-electron chi connectivity index (χ0n) is 11.0. The second-order valence-electron chi connectivity index (χ2n) is 4.51. The van der Waals surface area contributed by atoms with Crippen LogP contribution in [0.2, 0.25) is 0 Å². The summed E-state index contributed by atoms with van der Waals surface area (Å²) in [6.45, 7) is 3.02. The molecule has 0 aliphatic carbocycles. The summed E-state index contributed by atoms with van der Waals surface area (Å²) in [4.78, 5) is 4.11. The number of hydrogen-bond donors (Lipinski definition) is 1. The molecule has 0 spiro atoms. The Labute approximate surface area is 107 Å². The van der Waals surface area contributed by atoms with Crippen molar-refractivity contribution in [2.24, 2.45) is 7.05 Å². The number of aryl methyl sites for hydroxylation is 3. The molecule has 0 amide bonds. The van der Waals surface area contributed by atoms with E-state index in [2.05, 4.69) is 17.0 Å². The van der Waals surface area contributed by atoms with E-state index < -0.39 is 6.10 Å². The van der Waals surface area contributed by atoms with Crippen molar-refractivity contribution in [3.05, 3.63) is 36.2 Å². The van der Waals surface area contributed by atoms with Crippen molar-refractivity contribution in [3.63, 3.8) is 0 Å². The first kappa shape index (κ1) is 12.8. The maximum absolute atomic E-state index is 10.2. The molecule has 0 saturated heterocycles. The lowest BCUT2D eigenvalue weighted by molar-refractivity contribution is 0.157. The fourth-order valence-corrected chi connectivity index (χ4v) is 2.12. The summed E-state index contributed by atoms with van der Waals surface area (Å²) in [6, 6.07) is 1.98. The van der Waals surface area contributed by atoms with E-state index in [0.29, 0.717) is 6.42 Å². The first-order valence-corrected chi connectivity index (χ1v) is 6.37. The largest absolute Gasteiger partial charge is 0.387 e. The predicted octanol–water partition coefficient (Wildman–Crippen LogP) is 1.69. The molecule has 0 aromatic carbocycles. The average molecular weight is 248 g/mol. The Hall–Kier alpha value is -1.62. The lowest BCUT2D eigenvalue weighted by Gasteiger charge is -2.13. The molecule has 98 valence electrons. The Morgan fingerprint density at radius 1 is 1.44 bits per heavy atom. The summed E-state index contributed by atoms with van der Waals surface area (Å²) < 4.78 is 3.87. The van der Waals surface area contributed by atoms with Crippen molar-refractivity contribution in [1.29, 1.82) is 0 Å². The van der Waals surface area contributed by atoms with Gasteiger partial charge in [-0.15, -0.1) is 0 Å². The normalized spacial score (nSPS) is 12.8. The molecule has 2 aromatic rings. The number of aromatic nitrogens is 4. The van der Waals surface area contributed by atoms with Crippen LogP contribution in [-0.4, -0.2) is 24.4 Å². The smallest absolute Gasteiger partial charge is 0.0959 e. The van der Waals surface area contributed by atoms with Gasteiger partial charge in [0.1, 0.15) is 0 Å². The van der Waals surface area contributed by atoms with E-state index >= 15 is 0 Å². The molecule has 0 saturated carbocycles. The molecule has 2 rings (SSSR count). The number of nitrogens with zero attached hydrogens (tertiary/aromatic N) is 4. The highest BCUT2D eigenvalue weighted by molar-refractivity contribution is 5.05. The second kappa shape index (κ2) is 5.82. The van der Waals surface area contributed by atoms with Gasteiger partial charge in [0.25, 0.3) is 0 Å². The maximum atomic E-state index is 10.2. The van der Waals surface area contributed by atoms with E-state index in [4.69, 9.17) is 0 Å². The lowest BCUT2D eigenvalue weighted by Crippen LogP contribution is -2.09. The summed E-state index contributed by atoms with van der Waals surface area (Å²) in [5, 5.41) is 14.3. The summed E-state index contributed by atoms with van der Waals surface area (Å²) in [5.41, 5.74) is 2.04. The van der Waals surface area contributed by atoms with Crippen LogP contribution in [0.4, 0.5) is 0 Å². The highest BCUT2D eigenvalue weighted by atomic mass is 16.3. The van der Waals surface area contributed by atoms with Crippen LogP contribution < -0.4 is 0 Å². The van der Waals surface area contributed by atoms with Crippen LogP contribution in [0.1, 0.15) is 37.3 Å². The molecule has 1 N–H and O–H groups in total. The molecule has 0 fully saturated rings. The van der Waals surface area contributed by atoms with Gasteiger partial charge in [0.05, 0.1) is 24.3 Å². The molecular weight excluding hydrogens is 228 g/mol. The van der Waals surface area contributed by atoms with Crippen molar-refractivity contribution in [3.8, 4) is 0 Å². The van der Waals surface area contributed by atoms with Gasteiger partial charge in [0, 0.05) is 25.5 Å². The van der Waals surface area contributed by atoms with E-state index in [1.165, 1.54) is 0 Å². The van der Waals surface area contributed by atoms with Crippen LogP contribution in [0.3, 0.4) is 0 Å². The van der Waals surface area contributed by atoms with Gasteiger partial charge in [-0.05, 0) is 25.3 Å². The number of hydrogen-bond acceptors (Lipinski definition) is 3. The number of imidazole rings is 1. The molecule has 0 aliphatic heterocycles. The Balaban J connectivity index is 1.97. The van der Waals surface area contributed by atoms with Gasteiger partial charge in [0.2, 0.25) is 0 Å². The molecule has 2 heterocycles. The minimum absolute atomic E-state index is 0.464. The van der Waals surface area contributed by atoms with Crippen molar-refractivity contribution in [2.75, 3.05) is 0 Å². The zero-order valence-corrected chi connectivity index (χ0v) is 11.0. The van der Waals surface area contributed by atoms with E-state index in [-0.39, 0.29) is 0 Å². The van der Waals surface area contributed by atoms with E-state index in [9.17, 15) is 5.11 Å². The minimum atomic E-state index is -0.464. The summed E-state index contributed by atoms with van der Waals surface area (Å²) in [6.07, 6.45) is 7.40. The molecule has 2 aromatic heterocycles. The van der Waals surface area contributed by atoms with Crippen LogP contribution in [-0.2, 0) is 20.0 Å². The fourth-order valence-electron chi connectivity index (χ4n) is 2.12. The fraction of sp³-hybridized carbons (Fsp3) is 0.538. The van der Waals surface area contributed by atoms with Gasteiger partial charge < -0.3 is 9.67 Å². The minimum Gasteiger partial charge on any atom is -0.387 e. The summed E-state index contributed by atoms with van der Waals surface area (Å²) >= 11 is 0. The number of aliphatic hydroxyl groups excluding tert-OH is 1. The highest BCUT2D eigenvalue weighted by Gasteiger charge is 2.13. The van der Waals surface area contributed by atoms with E-state index in [1.54, 1.807) is 18.7 Å². The molecule has 5 nitrogen and oxygen atoms in total. The monoisotopic (exact) mass is 248 g/mol. The first-order chi connectivity index (χ1) is 8.72. The molecule has 1 unspecified atom stereocenters. The summed E-state index contributed by atoms with van der Waals surface area (Å²) in [7, 11) is 1.92. The molecule has 0 radical (unpaired) electrons. The Kier molecular flexibility index (Phi) is 4.15. The van der Waals surface area contributed by atoms with Crippen LogP contribution in [0.25, 0.3) is 0 Å². The second-order valence-corrected chi connectivity index (χ2v) is 4.51. The van der Waals surface area contributed by atoms with Gasteiger partial charge in [-0.2, -0.15) is 5.10 Å². The third-order valence-corrected chi connectivity index (χ3v) is 3.15. The van der Waals surface area contributed by atoms with Crippen molar-refractivity contribution in [1.82, 2.24) is 19.3 Å². The maximum Gasteiger partial charge on any atom is 0.0959 e. The van der Waals surface area contributed by atoms with Gasteiger partial charge in [-0.3, -0.25) is 4.68 Å². The standard InChI is InChI=1S/C13H20N4O/c1-3-8-17-10-14-9-12(17)13(18)5-4-11-6-7-15-16(11)2/h6-7,9-10,13,18H,3-5,8H2,1-2H3. The number of rotatable bonds is 6. The van der Waals surface area contributed by atoms with E-state index in [0.717, 1.165) is 30.8 Å². The molecular formula is C13H20N4O. The van der Waals surface area contributed by atoms with Crippen LogP contribution >= 0.6 is 0 Å². The van der Waals surface area contributed by atoms with Crippen LogP contribution in [0, 0.1) is 0 Å². The Morgan fingerprint density at radius 3 is 2.94 bits per heavy atom. The molecule has 18 heavy (non-hydrogen) atoms. The van der Waals surface area contributed by atoms with Crippen molar-refractivity contribution in [2.45, 2.75) is 38.8 Å². The zero-order chi connectivity index (χ0) is 13.0. The van der Waals surface area contributed by atoms with Gasteiger partial charge >= 0.3 is 0 Å². The quantitative estimate of drug-likeness (QED) is 0.846. The molecule has 0 aliphatic rings. The lowest BCUT2D eigenvalue weighted by atomic mass is 10.1. The van der Waals surface area contributed by atoms with Crippen molar-refractivity contribution < 1.29 is 5.11 Å². The van der Waals surface area contributed by atoms with Gasteiger partial charge in [-0.25, -0.2) is 4.98 Å². The molecule has 0 bridgehead atoms. The highest BCUT2D eigenvalue weighted by Crippen LogP contribution is 2.18. The van der Waals surface area contributed by atoms with Crippen LogP contribution in [0.5, 0.6) is 0 Å².